The van der Waals surface area contributed by atoms with Crippen molar-refractivity contribution in [2.24, 2.45) is 0 Å². The summed E-state index contributed by atoms with van der Waals surface area (Å²) >= 11 is 0. The van der Waals surface area contributed by atoms with Gasteiger partial charge in [0.05, 0.1) is 30.2 Å². The van der Waals surface area contributed by atoms with Crippen LogP contribution in [0, 0.1) is 0 Å². The monoisotopic (exact) mass is 944 g/mol. The third-order valence-electron chi connectivity index (χ3n) is 10.4. The van der Waals surface area contributed by atoms with Crippen LogP contribution < -0.4 is 13.5 Å². The van der Waals surface area contributed by atoms with Gasteiger partial charge in [0.25, 0.3) is 21.8 Å². The fraction of sp³-hybridized carbons (Fsp3) is 0.217. The van der Waals surface area contributed by atoms with E-state index in [9.17, 15) is 34.4 Å². The predicted octanol–water partition coefficient (Wildman–Crippen LogP) is 8.99. The molecular formula is C46H44F4N8O6S2. The normalized spacial score (nSPS) is 13.3. The Morgan fingerprint density at radius 2 is 1.00 bits per heavy atom. The topological polar surface area (TPSA) is 159 Å². The van der Waals surface area contributed by atoms with Gasteiger partial charge >= 0.3 is 12.9 Å². The van der Waals surface area contributed by atoms with Gasteiger partial charge in [0.15, 0.2) is 0 Å². The second-order valence-electron chi connectivity index (χ2n) is 14.8. The molecule has 0 saturated carbocycles. The van der Waals surface area contributed by atoms with Gasteiger partial charge in [0.1, 0.15) is 0 Å². The van der Waals surface area contributed by atoms with E-state index in [-0.39, 0.29) is 30.6 Å². The van der Waals surface area contributed by atoms with E-state index in [0.717, 1.165) is 37.2 Å². The minimum atomic E-state index is -3.71. The Kier molecular flexibility index (Phi) is 15.3. The molecule has 66 heavy (non-hydrogen) atoms. The molecule has 5 aromatic carbocycles. The summed E-state index contributed by atoms with van der Waals surface area (Å²) in [5.41, 5.74) is 4.60. The molecule has 8 rings (SSSR count). The lowest BCUT2D eigenvalue weighted by Gasteiger charge is -2.36. The van der Waals surface area contributed by atoms with Gasteiger partial charge in [-0.05, 0) is 71.8 Å². The number of hydrogen-bond donors (Lipinski definition) is 0. The SMILES string of the molecule is C=CS(=O)(=O)N(Cc1ccc(-c2nnc(C(F)F)o2)cc1)c1ccccc1.O=S(=O)(CCN1CCN(c2ccccc2)CC1)N(Cc1ccc(-c2nnc(C(F)F)o2)cc1)c1ccccc1. The van der Waals surface area contributed by atoms with E-state index < -0.39 is 44.7 Å². The van der Waals surface area contributed by atoms with E-state index in [0.29, 0.717) is 34.6 Å². The molecule has 7 aromatic rings. The molecule has 344 valence electrons. The number of halogens is 4. The van der Waals surface area contributed by atoms with Crippen molar-refractivity contribution in [3.8, 4) is 22.9 Å². The number of alkyl halides is 4. The largest absolute Gasteiger partial charge is 0.415 e. The smallest absolute Gasteiger partial charge is 0.314 e. The molecule has 0 aliphatic carbocycles. The van der Waals surface area contributed by atoms with Crippen molar-refractivity contribution in [3.63, 3.8) is 0 Å². The molecule has 20 heteroatoms. The highest BCUT2D eigenvalue weighted by atomic mass is 32.2. The molecule has 0 amide bonds. The zero-order valence-corrected chi connectivity index (χ0v) is 36.9. The predicted molar refractivity (Wildman–Crippen MR) is 243 cm³/mol. The maximum atomic E-state index is 13.6. The summed E-state index contributed by atoms with van der Waals surface area (Å²) in [6, 6.07) is 41.1. The van der Waals surface area contributed by atoms with Crippen LogP contribution in [0.1, 0.15) is 35.8 Å². The summed E-state index contributed by atoms with van der Waals surface area (Å²) in [5, 5.41) is 14.8. The third-order valence-corrected chi connectivity index (χ3v) is 13.5. The molecular weight excluding hydrogens is 901 g/mol. The van der Waals surface area contributed by atoms with E-state index in [1.807, 2.05) is 24.3 Å². The number of aromatic nitrogens is 4. The maximum absolute atomic E-state index is 13.6. The third kappa shape index (κ3) is 12.1. The van der Waals surface area contributed by atoms with Crippen molar-refractivity contribution in [2.75, 3.05) is 52.0 Å². The van der Waals surface area contributed by atoms with Crippen LogP contribution >= 0.6 is 0 Å². The van der Waals surface area contributed by atoms with Crippen LogP contribution in [0.2, 0.25) is 0 Å². The summed E-state index contributed by atoms with van der Waals surface area (Å²) in [7, 11) is -7.36. The standard InChI is InChI=1S/C28H29F2N5O3S.C18H15F2N3O3S/c29-26(30)28-32-31-27(38-28)23-13-11-22(12-14-23)21-35(25-9-5-2-6-10-25)39(36,37)20-19-33-15-17-34(18-16-33)24-7-3-1-4-8-24;1-2-27(24,25)23(15-6-4-3-5-7-15)12-13-8-10-14(11-9-13)17-21-22-18(26-17)16(19)20/h1-14,26H,15-21H2;2-11,16H,1,12H2. The van der Waals surface area contributed by atoms with E-state index in [1.54, 1.807) is 103 Å². The second-order valence-corrected chi connectivity index (χ2v) is 18.6. The molecule has 1 aliphatic heterocycles. The molecule has 1 aliphatic rings. The van der Waals surface area contributed by atoms with E-state index >= 15 is 0 Å². The number of rotatable bonds is 17. The first-order valence-electron chi connectivity index (χ1n) is 20.5. The molecule has 1 saturated heterocycles. The van der Waals surface area contributed by atoms with Gasteiger partial charge < -0.3 is 13.7 Å². The lowest BCUT2D eigenvalue weighted by molar-refractivity contribution is 0.115. The maximum Gasteiger partial charge on any atom is 0.314 e. The van der Waals surface area contributed by atoms with Crippen LogP contribution in [-0.4, -0.2) is 80.6 Å². The second kappa shape index (κ2) is 21.4. The van der Waals surface area contributed by atoms with E-state index in [4.69, 9.17) is 8.83 Å². The van der Waals surface area contributed by atoms with Crippen molar-refractivity contribution in [1.29, 1.82) is 0 Å². The lowest BCUT2D eigenvalue weighted by atomic mass is 10.1. The molecule has 2 aromatic heterocycles. The molecule has 1 fully saturated rings. The number of anilines is 3. The first-order chi connectivity index (χ1) is 31.8. The first-order valence-corrected chi connectivity index (χ1v) is 23.6. The lowest BCUT2D eigenvalue weighted by Crippen LogP contribution is -2.48. The highest BCUT2D eigenvalue weighted by molar-refractivity contribution is 7.95. The van der Waals surface area contributed by atoms with Crippen molar-refractivity contribution in [2.45, 2.75) is 25.9 Å². The molecule has 0 atom stereocenters. The number of hydrogen-bond acceptors (Lipinski definition) is 12. The molecule has 3 heterocycles. The summed E-state index contributed by atoms with van der Waals surface area (Å²) in [5.74, 6) is -1.55. The molecule has 0 N–H and O–H groups in total. The summed E-state index contributed by atoms with van der Waals surface area (Å²) in [6.07, 6.45) is -5.68. The minimum Gasteiger partial charge on any atom is -0.415 e. The van der Waals surface area contributed by atoms with Crippen molar-refractivity contribution in [1.82, 2.24) is 25.3 Å². The van der Waals surface area contributed by atoms with Gasteiger partial charge in [-0.25, -0.2) is 16.8 Å². The molecule has 14 nitrogen and oxygen atoms in total. The van der Waals surface area contributed by atoms with Crippen molar-refractivity contribution in [3.05, 3.63) is 174 Å². The van der Waals surface area contributed by atoms with Gasteiger partial charge in [-0.3, -0.25) is 13.5 Å². The summed E-state index contributed by atoms with van der Waals surface area (Å²) < 4.78 is 115. The zero-order valence-electron chi connectivity index (χ0n) is 35.2. The minimum absolute atomic E-state index is 0.0102. The van der Waals surface area contributed by atoms with Crippen LogP contribution in [0.3, 0.4) is 0 Å². The van der Waals surface area contributed by atoms with Gasteiger partial charge in [-0.15, -0.1) is 20.4 Å². The van der Waals surface area contributed by atoms with E-state index in [1.165, 1.54) is 14.3 Å². The quantitative estimate of drug-likeness (QED) is 0.0799. The Morgan fingerprint density at radius 1 is 0.576 bits per heavy atom. The number of para-hydroxylation sites is 3. The van der Waals surface area contributed by atoms with Crippen LogP contribution in [0.5, 0.6) is 0 Å². The summed E-state index contributed by atoms with van der Waals surface area (Å²) in [6.45, 7) is 7.29. The molecule has 0 unspecified atom stereocenters. The van der Waals surface area contributed by atoms with Crippen LogP contribution in [0.4, 0.5) is 34.6 Å². The van der Waals surface area contributed by atoms with Gasteiger partial charge in [0, 0.05) is 54.9 Å². The Morgan fingerprint density at radius 3 is 1.42 bits per heavy atom. The average Bonchev–Trinajstić information content (AvgIpc) is 4.06. The number of nitrogens with zero attached hydrogens (tertiary/aromatic N) is 8. The Labute approximate surface area is 379 Å². The molecule has 0 bridgehead atoms. The van der Waals surface area contributed by atoms with Gasteiger partial charge in [-0.1, -0.05) is 85.4 Å². The first kappa shape index (κ1) is 47.1. The summed E-state index contributed by atoms with van der Waals surface area (Å²) in [4.78, 5) is 4.50. The fourth-order valence-electron chi connectivity index (χ4n) is 6.90. The van der Waals surface area contributed by atoms with Gasteiger partial charge in [0.2, 0.25) is 21.8 Å². The number of sulfonamides is 2. The molecule has 0 spiro atoms. The van der Waals surface area contributed by atoms with Crippen molar-refractivity contribution < 1.29 is 43.2 Å². The van der Waals surface area contributed by atoms with Crippen LogP contribution in [0.25, 0.3) is 22.9 Å². The van der Waals surface area contributed by atoms with Gasteiger partial charge in [-0.2, -0.15) is 17.6 Å². The Balaban J connectivity index is 0.000000210. The van der Waals surface area contributed by atoms with Crippen molar-refractivity contribution >= 4 is 37.1 Å². The Hall–Kier alpha value is -6.90. The zero-order chi connectivity index (χ0) is 46.7. The highest BCUT2D eigenvalue weighted by Gasteiger charge is 2.26. The number of benzene rings is 5. The van der Waals surface area contributed by atoms with Crippen LogP contribution in [0.15, 0.2) is 160 Å². The molecule has 0 radical (unpaired) electrons. The Bertz CT molecular complexity index is 2850. The van der Waals surface area contributed by atoms with E-state index in [2.05, 4.69) is 48.9 Å². The highest BCUT2D eigenvalue weighted by Crippen LogP contribution is 2.28. The van der Waals surface area contributed by atoms with Crippen LogP contribution in [-0.2, 0) is 33.1 Å². The number of piperazine rings is 1. The fourth-order valence-corrected chi connectivity index (χ4v) is 9.32. The average molecular weight is 945 g/mol.